The first kappa shape index (κ1) is 22.8. The van der Waals surface area contributed by atoms with Crippen LogP contribution in [0.5, 0.6) is 0 Å². The summed E-state index contributed by atoms with van der Waals surface area (Å²) in [5, 5.41) is 0.552. The number of amides is 2. The summed E-state index contributed by atoms with van der Waals surface area (Å²) in [6.45, 7) is 2.03. The molecule has 0 saturated carbocycles. The topological polar surface area (TPSA) is 93.0 Å². The molecule has 9 heteroatoms. The van der Waals surface area contributed by atoms with E-state index >= 15 is 0 Å². The predicted octanol–water partition coefficient (Wildman–Crippen LogP) is 4.05. The van der Waals surface area contributed by atoms with Crippen LogP contribution in [-0.2, 0) is 27.3 Å². The third-order valence-electron chi connectivity index (χ3n) is 5.98. The number of fused-ring (bicyclic) bond motifs is 2. The molecular weight excluding hydrogens is 466 g/mol. The van der Waals surface area contributed by atoms with Gasteiger partial charge in [0.1, 0.15) is 6.04 Å². The van der Waals surface area contributed by atoms with Crippen LogP contribution in [0.3, 0.4) is 0 Å². The van der Waals surface area contributed by atoms with E-state index in [1.54, 1.807) is 12.1 Å². The Morgan fingerprint density at radius 2 is 1.86 bits per heavy atom. The van der Waals surface area contributed by atoms with Gasteiger partial charge in [0.25, 0.3) is 11.8 Å². The summed E-state index contributed by atoms with van der Waals surface area (Å²) in [5.41, 5.74) is 2.73. The fourth-order valence-electron chi connectivity index (χ4n) is 4.19. The number of ether oxygens (including phenoxy) is 1. The molecule has 5 rings (SSSR count). The highest BCUT2D eigenvalue weighted by molar-refractivity contribution is 7.22. The van der Waals surface area contributed by atoms with Crippen LogP contribution in [-0.4, -0.2) is 46.9 Å². The Morgan fingerprint density at radius 3 is 2.60 bits per heavy atom. The second-order valence-electron chi connectivity index (χ2n) is 8.11. The first-order valence-electron chi connectivity index (χ1n) is 11.3. The summed E-state index contributed by atoms with van der Waals surface area (Å²) >= 11 is 1.41. The Labute approximate surface area is 205 Å². The molecule has 0 bridgehead atoms. The van der Waals surface area contributed by atoms with Crippen molar-refractivity contribution in [3.8, 4) is 0 Å². The molecule has 0 aliphatic carbocycles. The van der Waals surface area contributed by atoms with Gasteiger partial charge in [-0.1, -0.05) is 47.7 Å². The lowest BCUT2D eigenvalue weighted by Gasteiger charge is -2.35. The van der Waals surface area contributed by atoms with Gasteiger partial charge in [-0.05, 0) is 42.3 Å². The third kappa shape index (κ3) is 4.54. The molecule has 0 saturated heterocycles. The SMILES string of the molecule is CCN(C(=O)COC(=O)C1Cc2ccccc2CN1C(=O)c1ccco1)c1nc2ccccc2s1. The number of anilines is 1. The summed E-state index contributed by atoms with van der Waals surface area (Å²) in [5.74, 6) is -1.26. The number of hydrogen-bond donors (Lipinski definition) is 0. The van der Waals surface area contributed by atoms with E-state index in [1.807, 2.05) is 55.5 Å². The molecule has 3 heterocycles. The van der Waals surface area contributed by atoms with Gasteiger partial charge in [0, 0.05) is 19.5 Å². The number of para-hydroxylation sites is 1. The molecule has 0 fully saturated rings. The minimum atomic E-state index is -0.868. The van der Waals surface area contributed by atoms with E-state index in [0.717, 1.165) is 21.3 Å². The molecule has 2 aromatic carbocycles. The van der Waals surface area contributed by atoms with Gasteiger partial charge in [0.05, 0.1) is 16.5 Å². The van der Waals surface area contributed by atoms with E-state index in [1.165, 1.54) is 27.4 Å². The Bertz CT molecular complexity index is 1350. The number of likely N-dealkylation sites (N-methyl/N-ethyl adjacent to an activating group) is 1. The molecule has 35 heavy (non-hydrogen) atoms. The maximum absolute atomic E-state index is 13.2. The number of thiazole rings is 1. The molecule has 0 radical (unpaired) electrons. The van der Waals surface area contributed by atoms with E-state index in [9.17, 15) is 14.4 Å². The van der Waals surface area contributed by atoms with Crippen molar-refractivity contribution in [3.63, 3.8) is 0 Å². The highest BCUT2D eigenvalue weighted by Gasteiger charge is 2.37. The number of esters is 1. The predicted molar refractivity (Wildman–Crippen MR) is 131 cm³/mol. The minimum Gasteiger partial charge on any atom is -0.459 e. The summed E-state index contributed by atoms with van der Waals surface area (Å²) < 4.78 is 11.7. The fraction of sp³-hybridized carbons (Fsp3) is 0.231. The van der Waals surface area contributed by atoms with Gasteiger partial charge in [-0.15, -0.1) is 0 Å². The molecule has 1 unspecified atom stereocenters. The van der Waals surface area contributed by atoms with Crippen LogP contribution < -0.4 is 4.90 Å². The molecule has 178 valence electrons. The highest BCUT2D eigenvalue weighted by Crippen LogP contribution is 2.29. The Kier molecular flexibility index (Phi) is 6.33. The van der Waals surface area contributed by atoms with Gasteiger partial charge >= 0.3 is 5.97 Å². The quantitative estimate of drug-likeness (QED) is 0.380. The summed E-state index contributed by atoms with van der Waals surface area (Å²) in [6.07, 6.45) is 1.71. The normalized spacial score (nSPS) is 15.0. The number of carbonyl (C=O) groups excluding carboxylic acids is 3. The average molecular weight is 490 g/mol. The molecule has 1 aliphatic heterocycles. The van der Waals surface area contributed by atoms with E-state index < -0.39 is 24.5 Å². The highest BCUT2D eigenvalue weighted by atomic mass is 32.1. The van der Waals surface area contributed by atoms with Crippen molar-refractivity contribution in [2.45, 2.75) is 25.9 Å². The molecule has 2 amide bonds. The van der Waals surface area contributed by atoms with E-state index in [0.29, 0.717) is 18.1 Å². The standard InChI is InChI=1S/C26H23N3O5S/c1-2-28(26-27-19-10-5-6-12-22(19)35-26)23(30)16-34-25(32)20-14-17-8-3-4-9-18(17)15-29(20)24(31)21-11-7-13-33-21/h3-13,20H,2,14-16H2,1H3. The van der Waals surface area contributed by atoms with Crippen molar-refractivity contribution in [2.24, 2.45) is 0 Å². The molecule has 4 aromatic rings. The number of benzene rings is 2. The van der Waals surface area contributed by atoms with E-state index in [4.69, 9.17) is 9.15 Å². The van der Waals surface area contributed by atoms with Crippen LogP contribution >= 0.6 is 11.3 Å². The Morgan fingerprint density at radius 1 is 1.09 bits per heavy atom. The molecular formula is C26H23N3O5S. The molecule has 0 N–H and O–H groups in total. The minimum absolute atomic E-state index is 0.145. The van der Waals surface area contributed by atoms with Gasteiger partial charge in [-0.2, -0.15) is 0 Å². The molecule has 2 aromatic heterocycles. The monoisotopic (exact) mass is 489 g/mol. The zero-order chi connectivity index (χ0) is 24.4. The smallest absolute Gasteiger partial charge is 0.329 e. The average Bonchev–Trinajstić information content (AvgIpc) is 3.57. The van der Waals surface area contributed by atoms with Crippen molar-refractivity contribution in [1.29, 1.82) is 0 Å². The lowest BCUT2D eigenvalue weighted by Crippen LogP contribution is -2.50. The first-order valence-corrected chi connectivity index (χ1v) is 12.1. The van der Waals surface area contributed by atoms with Crippen LogP contribution in [0.1, 0.15) is 28.6 Å². The van der Waals surface area contributed by atoms with Crippen molar-refractivity contribution < 1.29 is 23.5 Å². The number of carbonyl (C=O) groups is 3. The number of hydrogen-bond acceptors (Lipinski definition) is 7. The Balaban J connectivity index is 1.32. The van der Waals surface area contributed by atoms with E-state index in [2.05, 4.69) is 4.98 Å². The van der Waals surface area contributed by atoms with Gasteiger partial charge in [-0.25, -0.2) is 9.78 Å². The van der Waals surface area contributed by atoms with Crippen LogP contribution in [0.4, 0.5) is 5.13 Å². The number of rotatable bonds is 6. The second-order valence-corrected chi connectivity index (χ2v) is 9.12. The fourth-order valence-corrected chi connectivity index (χ4v) is 5.24. The van der Waals surface area contributed by atoms with Crippen LogP contribution in [0.15, 0.2) is 71.3 Å². The molecule has 0 spiro atoms. The number of nitrogens with zero attached hydrogens (tertiary/aromatic N) is 3. The van der Waals surface area contributed by atoms with Gasteiger partial charge in [0.2, 0.25) is 0 Å². The summed E-state index contributed by atoms with van der Waals surface area (Å²) in [4.78, 5) is 46.7. The number of furan rings is 1. The molecule has 1 atom stereocenters. The summed E-state index contributed by atoms with van der Waals surface area (Å²) in [6, 6.07) is 17.6. The van der Waals surface area contributed by atoms with Crippen molar-refractivity contribution in [2.75, 3.05) is 18.1 Å². The van der Waals surface area contributed by atoms with E-state index in [-0.39, 0.29) is 18.2 Å². The third-order valence-corrected chi connectivity index (χ3v) is 7.04. The van der Waals surface area contributed by atoms with Gasteiger partial charge in [0.15, 0.2) is 17.5 Å². The van der Waals surface area contributed by atoms with Crippen molar-refractivity contribution >= 4 is 44.5 Å². The first-order chi connectivity index (χ1) is 17.0. The lowest BCUT2D eigenvalue weighted by atomic mass is 9.93. The maximum Gasteiger partial charge on any atom is 0.329 e. The molecule has 1 aliphatic rings. The van der Waals surface area contributed by atoms with Crippen LogP contribution in [0, 0.1) is 0 Å². The zero-order valence-corrected chi connectivity index (χ0v) is 19.9. The summed E-state index contributed by atoms with van der Waals surface area (Å²) in [7, 11) is 0. The number of aromatic nitrogens is 1. The van der Waals surface area contributed by atoms with Gasteiger partial charge < -0.3 is 14.1 Å². The van der Waals surface area contributed by atoms with Crippen LogP contribution in [0.2, 0.25) is 0 Å². The van der Waals surface area contributed by atoms with Crippen molar-refractivity contribution in [1.82, 2.24) is 9.88 Å². The lowest BCUT2D eigenvalue weighted by molar-refractivity contribution is -0.153. The largest absolute Gasteiger partial charge is 0.459 e. The van der Waals surface area contributed by atoms with Gasteiger partial charge in [-0.3, -0.25) is 14.5 Å². The Hall–Kier alpha value is -3.98. The van der Waals surface area contributed by atoms with Crippen molar-refractivity contribution in [3.05, 3.63) is 83.8 Å². The molecule has 8 nitrogen and oxygen atoms in total. The maximum atomic E-state index is 13.2. The van der Waals surface area contributed by atoms with Crippen LogP contribution in [0.25, 0.3) is 10.2 Å². The zero-order valence-electron chi connectivity index (χ0n) is 19.0. The second kappa shape index (κ2) is 9.71.